The summed E-state index contributed by atoms with van der Waals surface area (Å²) >= 11 is 0. The first-order valence-electron chi connectivity index (χ1n) is 8.55. The minimum atomic E-state index is -3.22. The van der Waals surface area contributed by atoms with E-state index < -0.39 is 10.0 Å². The summed E-state index contributed by atoms with van der Waals surface area (Å²) in [6.07, 6.45) is 4.90. The molecule has 2 aliphatic rings. The first-order chi connectivity index (χ1) is 11.1. The van der Waals surface area contributed by atoms with Crippen LogP contribution in [0, 0.1) is 0 Å². The monoisotopic (exact) mass is 338 g/mol. The summed E-state index contributed by atoms with van der Waals surface area (Å²) < 4.78 is 32.7. The second-order valence-electron chi connectivity index (χ2n) is 6.42. The number of para-hydroxylation sites is 1. The molecule has 128 valence electrons. The Morgan fingerprint density at radius 2 is 2.00 bits per heavy atom. The van der Waals surface area contributed by atoms with Crippen LogP contribution < -0.4 is 9.62 Å². The van der Waals surface area contributed by atoms with Crippen LogP contribution in [0.3, 0.4) is 0 Å². The van der Waals surface area contributed by atoms with E-state index in [1.54, 1.807) is 0 Å². The molecule has 0 bridgehead atoms. The average Bonchev–Trinajstić information content (AvgIpc) is 3.23. The molecule has 1 aromatic carbocycles. The number of rotatable bonds is 7. The molecule has 23 heavy (non-hydrogen) atoms. The van der Waals surface area contributed by atoms with Crippen molar-refractivity contribution in [3.8, 4) is 0 Å². The molecule has 6 heteroatoms. The van der Waals surface area contributed by atoms with Gasteiger partial charge in [0.2, 0.25) is 10.0 Å². The number of hydrogen-bond donors (Lipinski definition) is 1. The van der Waals surface area contributed by atoms with Gasteiger partial charge in [0, 0.05) is 31.4 Å². The fourth-order valence-electron chi connectivity index (χ4n) is 3.46. The molecule has 0 saturated carbocycles. The van der Waals surface area contributed by atoms with E-state index in [4.69, 9.17) is 4.74 Å². The third kappa shape index (κ3) is 4.68. The van der Waals surface area contributed by atoms with Crippen LogP contribution in [-0.4, -0.2) is 46.0 Å². The molecule has 0 aliphatic carbocycles. The van der Waals surface area contributed by atoms with E-state index in [0.717, 1.165) is 38.8 Å². The number of benzene rings is 1. The summed E-state index contributed by atoms with van der Waals surface area (Å²) in [4.78, 5) is 2.31. The number of ether oxygens (including phenoxy) is 1. The van der Waals surface area contributed by atoms with Gasteiger partial charge in [0.1, 0.15) is 0 Å². The van der Waals surface area contributed by atoms with E-state index in [1.807, 2.05) is 18.2 Å². The molecule has 2 atom stereocenters. The van der Waals surface area contributed by atoms with E-state index in [-0.39, 0.29) is 17.9 Å². The van der Waals surface area contributed by atoms with Crippen LogP contribution in [0.4, 0.5) is 5.69 Å². The Balaban J connectivity index is 1.50. The molecular weight excluding hydrogens is 312 g/mol. The summed E-state index contributed by atoms with van der Waals surface area (Å²) in [5.41, 5.74) is 1.17. The highest BCUT2D eigenvalue weighted by atomic mass is 32.2. The molecule has 5 nitrogen and oxygen atoms in total. The fourth-order valence-corrected chi connectivity index (χ4v) is 4.63. The van der Waals surface area contributed by atoms with Crippen LogP contribution in [0.1, 0.15) is 32.1 Å². The predicted octanol–water partition coefficient (Wildman–Crippen LogP) is 2.14. The van der Waals surface area contributed by atoms with Crippen LogP contribution >= 0.6 is 0 Å². The molecular formula is C17H26N2O3S. The minimum absolute atomic E-state index is 0.124. The highest BCUT2D eigenvalue weighted by Crippen LogP contribution is 2.25. The quantitative estimate of drug-likeness (QED) is 0.827. The van der Waals surface area contributed by atoms with Gasteiger partial charge in [0.15, 0.2) is 0 Å². The minimum Gasteiger partial charge on any atom is -0.378 e. The van der Waals surface area contributed by atoms with Gasteiger partial charge >= 0.3 is 0 Å². The lowest BCUT2D eigenvalue weighted by Gasteiger charge is -2.27. The smallest absolute Gasteiger partial charge is 0.211 e. The van der Waals surface area contributed by atoms with Crippen LogP contribution in [0.25, 0.3) is 0 Å². The van der Waals surface area contributed by atoms with E-state index >= 15 is 0 Å². The second kappa shape index (κ2) is 7.64. The molecule has 2 aliphatic heterocycles. The molecule has 0 radical (unpaired) electrons. The lowest BCUT2D eigenvalue weighted by Crippen LogP contribution is -2.41. The number of anilines is 1. The Morgan fingerprint density at radius 1 is 1.17 bits per heavy atom. The number of hydrogen-bond acceptors (Lipinski definition) is 4. The average molecular weight is 338 g/mol. The van der Waals surface area contributed by atoms with Crippen molar-refractivity contribution in [2.75, 3.05) is 30.3 Å². The Morgan fingerprint density at radius 3 is 2.74 bits per heavy atom. The molecule has 2 heterocycles. The molecule has 0 aromatic heterocycles. The van der Waals surface area contributed by atoms with Gasteiger partial charge in [-0.1, -0.05) is 18.2 Å². The number of nitrogens with zero attached hydrogens (tertiary/aromatic N) is 1. The van der Waals surface area contributed by atoms with Gasteiger partial charge in [-0.2, -0.15) is 0 Å². The summed E-state index contributed by atoms with van der Waals surface area (Å²) in [6, 6.07) is 10.5. The topological polar surface area (TPSA) is 58.6 Å². The normalized spacial score (nSPS) is 25.1. The first kappa shape index (κ1) is 16.7. The number of nitrogens with one attached hydrogen (secondary N) is 1. The first-order valence-corrected chi connectivity index (χ1v) is 10.2. The molecule has 1 N–H and O–H groups in total. The summed E-state index contributed by atoms with van der Waals surface area (Å²) in [6.45, 7) is 2.25. The van der Waals surface area contributed by atoms with Crippen LogP contribution in [-0.2, 0) is 14.8 Å². The van der Waals surface area contributed by atoms with E-state index in [1.165, 1.54) is 5.69 Å². The third-order valence-electron chi connectivity index (χ3n) is 4.74. The SMILES string of the molecule is O=S(=O)(CCC1CCCO1)NC[C@H]1CCCN1c1ccccc1. The van der Waals surface area contributed by atoms with Gasteiger partial charge in [-0.15, -0.1) is 0 Å². The molecule has 2 saturated heterocycles. The molecule has 0 spiro atoms. The van der Waals surface area contributed by atoms with Gasteiger partial charge < -0.3 is 9.64 Å². The Bertz CT molecular complexity index is 585. The van der Waals surface area contributed by atoms with Gasteiger partial charge in [-0.05, 0) is 44.2 Å². The zero-order valence-electron chi connectivity index (χ0n) is 13.5. The lowest BCUT2D eigenvalue weighted by atomic mass is 10.2. The number of sulfonamides is 1. The molecule has 1 aromatic rings. The maximum Gasteiger partial charge on any atom is 0.211 e. The van der Waals surface area contributed by atoms with Crippen molar-refractivity contribution in [3.05, 3.63) is 30.3 Å². The Kier molecular flexibility index (Phi) is 5.56. The lowest BCUT2D eigenvalue weighted by molar-refractivity contribution is 0.109. The van der Waals surface area contributed by atoms with E-state index in [0.29, 0.717) is 13.0 Å². The fraction of sp³-hybridized carbons (Fsp3) is 0.647. The zero-order valence-corrected chi connectivity index (χ0v) is 14.3. The standard InChI is InChI=1S/C17H26N2O3S/c20-23(21,13-10-17-9-5-12-22-17)18-14-16-8-4-11-19(16)15-6-2-1-3-7-15/h1-3,6-7,16-18H,4-5,8-14H2/t16-,17?/m1/s1. The van der Waals surface area contributed by atoms with Crippen molar-refractivity contribution in [2.24, 2.45) is 0 Å². The highest BCUT2D eigenvalue weighted by molar-refractivity contribution is 7.89. The van der Waals surface area contributed by atoms with Crippen molar-refractivity contribution in [2.45, 2.75) is 44.2 Å². The summed E-state index contributed by atoms with van der Waals surface area (Å²) in [5.74, 6) is 0.162. The Labute approximate surface area is 139 Å². The van der Waals surface area contributed by atoms with E-state index in [9.17, 15) is 8.42 Å². The van der Waals surface area contributed by atoms with Gasteiger partial charge in [0.05, 0.1) is 11.9 Å². The summed E-state index contributed by atoms with van der Waals surface area (Å²) in [7, 11) is -3.22. The Hall–Kier alpha value is -1.11. The zero-order chi connectivity index (χ0) is 16.1. The maximum atomic E-state index is 12.2. The van der Waals surface area contributed by atoms with Gasteiger partial charge in [0.25, 0.3) is 0 Å². The van der Waals surface area contributed by atoms with Gasteiger partial charge in [-0.3, -0.25) is 0 Å². The second-order valence-corrected chi connectivity index (χ2v) is 8.34. The van der Waals surface area contributed by atoms with Crippen LogP contribution in [0.2, 0.25) is 0 Å². The van der Waals surface area contributed by atoms with E-state index in [2.05, 4.69) is 21.8 Å². The van der Waals surface area contributed by atoms with Crippen LogP contribution in [0.15, 0.2) is 30.3 Å². The largest absolute Gasteiger partial charge is 0.378 e. The molecule has 2 fully saturated rings. The van der Waals surface area contributed by atoms with Gasteiger partial charge in [-0.25, -0.2) is 13.1 Å². The third-order valence-corrected chi connectivity index (χ3v) is 6.12. The van der Waals surface area contributed by atoms with Crippen molar-refractivity contribution in [1.82, 2.24) is 4.72 Å². The molecule has 1 unspecified atom stereocenters. The van der Waals surface area contributed by atoms with Crippen LogP contribution in [0.5, 0.6) is 0 Å². The maximum absolute atomic E-state index is 12.2. The van der Waals surface area contributed by atoms with Crippen molar-refractivity contribution in [1.29, 1.82) is 0 Å². The van der Waals surface area contributed by atoms with Crippen molar-refractivity contribution in [3.63, 3.8) is 0 Å². The molecule has 3 rings (SSSR count). The van der Waals surface area contributed by atoms with Crippen molar-refractivity contribution < 1.29 is 13.2 Å². The molecule has 0 amide bonds. The predicted molar refractivity (Wildman–Crippen MR) is 92.2 cm³/mol. The highest BCUT2D eigenvalue weighted by Gasteiger charge is 2.26. The van der Waals surface area contributed by atoms with Crippen molar-refractivity contribution >= 4 is 15.7 Å². The summed E-state index contributed by atoms with van der Waals surface area (Å²) in [5, 5.41) is 0.